The Hall–Kier alpha value is -2.71. The van der Waals surface area contributed by atoms with Crippen molar-refractivity contribution in [3.8, 4) is 0 Å². The van der Waals surface area contributed by atoms with Gasteiger partial charge in [0.15, 0.2) is 0 Å². The molecule has 0 radical (unpaired) electrons. The highest BCUT2D eigenvalue weighted by Crippen LogP contribution is 2.24. The molecule has 0 atom stereocenters. The van der Waals surface area contributed by atoms with Crippen molar-refractivity contribution in [1.82, 2.24) is 19.2 Å². The Morgan fingerprint density at radius 1 is 1.06 bits per heavy atom. The molecule has 0 unspecified atom stereocenters. The van der Waals surface area contributed by atoms with Crippen LogP contribution in [0.5, 0.6) is 0 Å². The number of sulfonamides is 1. The van der Waals surface area contributed by atoms with Crippen LogP contribution in [0.1, 0.15) is 50.6 Å². The fraction of sp³-hybridized carbons (Fsp3) is 0.462. The third-order valence-electron chi connectivity index (χ3n) is 5.98. The van der Waals surface area contributed by atoms with E-state index in [0.29, 0.717) is 38.0 Å². The summed E-state index contributed by atoms with van der Waals surface area (Å²) in [5, 5.41) is 3.00. The van der Waals surface area contributed by atoms with Gasteiger partial charge in [0, 0.05) is 39.0 Å². The second-order valence-electron chi connectivity index (χ2n) is 8.51. The summed E-state index contributed by atoms with van der Waals surface area (Å²) in [4.78, 5) is 17.4. The van der Waals surface area contributed by atoms with Gasteiger partial charge in [-0.15, -0.1) is 0 Å². The quantitative estimate of drug-likeness (QED) is 0.420. The Kier molecular flexibility index (Phi) is 8.85. The van der Waals surface area contributed by atoms with Gasteiger partial charge in [0.1, 0.15) is 5.82 Å². The van der Waals surface area contributed by atoms with Crippen LogP contribution in [0, 0.1) is 6.92 Å². The van der Waals surface area contributed by atoms with Crippen molar-refractivity contribution in [3.63, 3.8) is 0 Å². The minimum atomic E-state index is -3.55. The number of hydrogen-bond donors (Lipinski definition) is 1. The Morgan fingerprint density at radius 3 is 2.50 bits per heavy atom. The number of fused-ring (bicyclic) bond motifs is 1. The van der Waals surface area contributed by atoms with E-state index in [-0.39, 0.29) is 10.8 Å². The summed E-state index contributed by atoms with van der Waals surface area (Å²) in [6, 6.07) is 13.4. The second kappa shape index (κ2) is 11.6. The van der Waals surface area contributed by atoms with Crippen molar-refractivity contribution in [3.05, 3.63) is 59.4 Å². The zero-order chi connectivity index (χ0) is 24.7. The van der Waals surface area contributed by atoms with Gasteiger partial charge in [-0.1, -0.05) is 50.6 Å². The van der Waals surface area contributed by atoms with Crippen molar-refractivity contribution in [2.75, 3.05) is 19.6 Å². The van der Waals surface area contributed by atoms with Crippen LogP contribution in [0.15, 0.2) is 47.4 Å². The van der Waals surface area contributed by atoms with Gasteiger partial charge in [-0.05, 0) is 43.5 Å². The predicted octanol–water partition coefficient (Wildman–Crippen LogP) is 4.08. The molecule has 0 spiro atoms. The third-order valence-corrected chi connectivity index (χ3v) is 8.03. The van der Waals surface area contributed by atoms with Gasteiger partial charge in [-0.25, -0.2) is 13.4 Å². The number of aromatic nitrogens is 2. The highest BCUT2D eigenvalue weighted by molar-refractivity contribution is 7.89. The van der Waals surface area contributed by atoms with Crippen LogP contribution < -0.4 is 5.32 Å². The van der Waals surface area contributed by atoms with Crippen molar-refractivity contribution < 1.29 is 13.2 Å². The Labute approximate surface area is 203 Å². The summed E-state index contributed by atoms with van der Waals surface area (Å²) in [5.74, 6) is 0.802. The molecular formula is C26H36N4O3S. The molecule has 0 aliphatic heterocycles. The molecule has 34 heavy (non-hydrogen) atoms. The molecule has 0 saturated carbocycles. The van der Waals surface area contributed by atoms with Crippen LogP contribution in [0.4, 0.5) is 0 Å². The number of amides is 1. The fourth-order valence-corrected chi connectivity index (χ4v) is 5.70. The summed E-state index contributed by atoms with van der Waals surface area (Å²) in [6.45, 7) is 10.0. The molecule has 2 aromatic carbocycles. The maximum atomic E-state index is 12.9. The number of carbonyl (C=O) groups excluding carboxylic acids is 1. The number of nitrogens with zero attached hydrogens (tertiary/aromatic N) is 3. The first-order valence-corrected chi connectivity index (χ1v) is 13.6. The molecule has 3 aromatic rings. The summed E-state index contributed by atoms with van der Waals surface area (Å²) in [7, 11) is -3.55. The number of benzene rings is 2. The standard InChI is InChI=1S/C26H36N4O3S/c1-5-17-30-24-12-11-22(34(32,33)29(6-2)7-3)19-23(24)28-25(30)13-14-26(31)27-16-15-21-10-8-9-20(4)18-21/h8-12,18-19H,5-7,13-17H2,1-4H3,(H,27,31). The summed E-state index contributed by atoms with van der Waals surface area (Å²) in [6.07, 6.45) is 2.56. The van der Waals surface area contributed by atoms with E-state index in [1.807, 2.05) is 26.0 Å². The lowest BCUT2D eigenvalue weighted by Gasteiger charge is -2.18. The first kappa shape index (κ1) is 25.9. The van der Waals surface area contributed by atoms with E-state index >= 15 is 0 Å². The maximum Gasteiger partial charge on any atom is 0.243 e. The van der Waals surface area contributed by atoms with Crippen molar-refractivity contribution in [2.24, 2.45) is 0 Å². The minimum absolute atomic E-state index is 0.00689. The zero-order valence-corrected chi connectivity index (χ0v) is 21.5. The normalized spacial score (nSPS) is 11.9. The van der Waals surface area contributed by atoms with Gasteiger partial charge in [-0.2, -0.15) is 4.31 Å². The van der Waals surface area contributed by atoms with Crippen molar-refractivity contribution >= 4 is 27.0 Å². The number of nitrogens with one attached hydrogen (secondary N) is 1. The van der Waals surface area contributed by atoms with Gasteiger partial charge in [0.2, 0.25) is 15.9 Å². The van der Waals surface area contributed by atoms with E-state index in [4.69, 9.17) is 4.98 Å². The first-order chi connectivity index (χ1) is 16.3. The van der Waals surface area contributed by atoms with Crippen LogP contribution in [0.25, 0.3) is 11.0 Å². The topological polar surface area (TPSA) is 84.3 Å². The molecule has 0 aliphatic carbocycles. The molecule has 8 heteroatoms. The number of imidazole rings is 1. The Bertz CT molecular complexity index is 1230. The molecule has 0 saturated heterocycles. The summed E-state index contributed by atoms with van der Waals surface area (Å²) >= 11 is 0. The minimum Gasteiger partial charge on any atom is -0.356 e. The van der Waals surface area contributed by atoms with Crippen molar-refractivity contribution in [2.45, 2.75) is 64.8 Å². The molecular weight excluding hydrogens is 448 g/mol. The average Bonchev–Trinajstić information content (AvgIpc) is 3.15. The Morgan fingerprint density at radius 2 is 1.82 bits per heavy atom. The van der Waals surface area contributed by atoms with Crippen LogP contribution in [-0.2, 0) is 34.2 Å². The molecule has 7 nitrogen and oxygen atoms in total. The zero-order valence-electron chi connectivity index (χ0n) is 20.7. The molecule has 1 heterocycles. The van der Waals surface area contributed by atoms with E-state index in [0.717, 1.165) is 30.7 Å². The largest absolute Gasteiger partial charge is 0.356 e. The second-order valence-corrected chi connectivity index (χ2v) is 10.4. The Balaban J connectivity index is 1.71. The average molecular weight is 485 g/mol. The molecule has 0 bridgehead atoms. The number of rotatable bonds is 12. The van der Waals surface area contributed by atoms with E-state index in [1.54, 1.807) is 12.1 Å². The number of hydrogen-bond acceptors (Lipinski definition) is 4. The van der Waals surface area contributed by atoms with Gasteiger partial charge in [0.25, 0.3) is 0 Å². The lowest BCUT2D eigenvalue weighted by molar-refractivity contribution is -0.121. The molecule has 3 rings (SSSR count). The van der Waals surface area contributed by atoms with Crippen molar-refractivity contribution in [1.29, 1.82) is 0 Å². The maximum absolute atomic E-state index is 12.9. The molecule has 0 fully saturated rings. The lowest BCUT2D eigenvalue weighted by atomic mass is 10.1. The SMILES string of the molecule is CCCn1c(CCC(=O)NCCc2cccc(C)c2)nc2cc(S(=O)(=O)N(CC)CC)ccc21. The number of carbonyl (C=O) groups is 1. The van der Waals surface area contributed by atoms with E-state index in [9.17, 15) is 13.2 Å². The van der Waals surface area contributed by atoms with Gasteiger partial charge in [0.05, 0.1) is 15.9 Å². The van der Waals surface area contributed by atoms with Gasteiger partial charge >= 0.3 is 0 Å². The van der Waals surface area contributed by atoms with E-state index < -0.39 is 10.0 Å². The molecule has 1 amide bonds. The highest BCUT2D eigenvalue weighted by atomic mass is 32.2. The highest BCUT2D eigenvalue weighted by Gasteiger charge is 2.23. The molecule has 0 aliphatic rings. The summed E-state index contributed by atoms with van der Waals surface area (Å²) < 4.78 is 29.4. The third kappa shape index (κ3) is 6.04. The van der Waals surface area contributed by atoms with Crippen LogP contribution in [0.2, 0.25) is 0 Å². The van der Waals surface area contributed by atoms with Crippen LogP contribution in [-0.4, -0.2) is 47.8 Å². The van der Waals surface area contributed by atoms with Gasteiger partial charge < -0.3 is 9.88 Å². The van der Waals surface area contributed by atoms with E-state index in [1.165, 1.54) is 15.4 Å². The molecule has 184 valence electrons. The van der Waals surface area contributed by atoms with Crippen LogP contribution in [0.3, 0.4) is 0 Å². The van der Waals surface area contributed by atoms with Gasteiger partial charge in [-0.3, -0.25) is 4.79 Å². The molecule has 1 N–H and O–H groups in total. The fourth-order valence-electron chi connectivity index (χ4n) is 4.22. The summed E-state index contributed by atoms with van der Waals surface area (Å²) in [5.41, 5.74) is 3.97. The predicted molar refractivity (Wildman–Crippen MR) is 136 cm³/mol. The monoisotopic (exact) mass is 484 g/mol. The first-order valence-electron chi connectivity index (χ1n) is 12.1. The van der Waals surface area contributed by atoms with E-state index in [2.05, 4.69) is 41.9 Å². The molecule has 1 aromatic heterocycles. The number of aryl methyl sites for hydroxylation is 3. The lowest BCUT2D eigenvalue weighted by Crippen LogP contribution is -2.30. The van der Waals surface area contributed by atoms with Crippen LogP contribution >= 0.6 is 0 Å². The smallest absolute Gasteiger partial charge is 0.243 e.